The smallest absolute Gasteiger partial charge is 0.241 e. The normalized spacial score (nSPS) is 10.3. The van der Waals surface area contributed by atoms with E-state index in [9.17, 15) is 9.59 Å². The number of hydrogen-bond acceptors (Lipinski definition) is 7. The predicted molar refractivity (Wildman–Crippen MR) is 83.4 cm³/mol. The molecule has 1 heterocycles. The van der Waals surface area contributed by atoms with Crippen LogP contribution in [0, 0.1) is 0 Å². The Balaban J connectivity index is 2.27. The van der Waals surface area contributed by atoms with Crippen LogP contribution < -0.4 is 5.32 Å². The van der Waals surface area contributed by atoms with Crippen molar-refractivity contribution in [1.82, 2.24) is 20.4 Å². The van der Waals surface area contributed by atoms with Crippen LogP contribution in [0.2, 0.25) is 0 Å². The summed E-state index contributed by atoms with van der Waals surface area (Å²) in [5.41, 5.74) is 0. The fraction of sp³-hybridized carbons (Fsp3) is 0.636. The number of rotatable bonds is 8. The average Bonchev–Trinajstić information content (AvgIpc) is 2.87. The molecule has 0 bridgehead atoms. The molecule has 0 aliphatic heterocycles. The highest BCUT2D eigenvalue weighted by Gasteiger charge is 2.10. The van der Waals surface area contributed by atoms with Crippen LogP contribution in [-0.2, 0) is 9.59 Å². The Morgan fingerprint density at radius 3 is 2.50 bits per heavy atom. The molecule has 1 rings (SSSR count). The molecule has 112 valence electrons. The Kier molecular flexibility index (Phi) is 7.93. The highest BCUT2D eigenvalue weighted by Crippen LogP contribution is 2.28. The van der Waals surface area contributed by atoms with Gasteiger partial charge in [-0.3, -0.25) is 9.59 Å². The van der Waals surface area contributed by atoms with E-state index in [-0.39, 0.29) is 24.1 Å². The minimum Gasteiger partial charge on any atom is -0.347 e. The lowest BCUT2D eigenvalue weighted by atomic mass is 10.5. The highest BCUT2D eigenvalue weighted by molar-refractivity contribution is 8.03. The van der Waals surface area contributed by atoms with Gasteiger partial charge in [0, 0.05) is 19.8 Å². The first-order chi connectivity index (χ1) is 9.52. The van der Waals surface area contributed by atoms with Gasteiger partial charge in [0.15, 0.2) is 8.68 Å². The summed E-state index contributed by atoms with van der Waals surface area (Å²) in [6.07, 6.45) is 1.09. The van der Waals surface area contributed by atoms with Gasteiger partial charge in [0.25, 0.3) is 0 Å². The van der Waals surface area contributed by atoms with Crippen LogP contribution in [0.25, 0.3) is 0 Å². The maximum Gasteiger partial charge on any atom is 0.241 e. The van der Waals surface area contributed by atoms with Crippen molar-refractivity contribution in [3.8, 4) is 0 Å². The topological polar surface area (TPSA) is 75.2 Å². The Hall–Kier alpha value is -0.800. The lowest BCUT2D eigenvalue weighted by Crippen LogP contribution is -2.36. The molecule has 0 atom stereocenters. The molecule has 0 aliphatic carbocycles. The molecule has 0 spiro atoms. The first-order valence-electron chi connectivity index (χ1n) is 6.09. The van der Waals surface area contributed by atoms with Crippen molar-refractivity contribution in [2.24, 2.45) is 0 Å². The molecule has 1 N–H and O–H groups in total. The number of carbonyl (C=O) groups excluding carboxylic acids is 2. The fourth-order valence-electron chi connectivity index (χ4n) is 1.01. The van der Waals surface area contributed by atoms with Crippen LogP contribution in [0.5, 0.6) is 0 Å². The second-order valence-electron chi connectivity index (χ2n) is 4.04. The van der Waals surface area contributed by atoms with E-state index in [0.29, 0.717) is 0 Å². The van der Waals surface area contributed by atoms with E-state index in [1.807, 2.05) is 0 Å². The third-order valence-electron chi connectivity index (χ3n) is 2.08. The molecular formula is C11H18N4O2S3. The number of aromatic nitrogens is 2. The largest absolute Gasteiger partial charge is 0.347 e. The van der Waals surface area contributed by atoms with E-state index in [4.69, 9.17) is 0 Å². The van der Waals surface area contributed by atoms with Gasteiger partial charge in [-0.2, -0.15) is 0 Å². The highest BCUT2D eigenvalue weighted by atomic mass is 32.2. The third kappa shape index (κ3) is 6.58. The molecule has 0 fully saturated rings. The lowest BCUT2D eigenvalue weighted by Gasteiger charge is -2.10. The molecule has 20 heavy (non-hydrogen) atoms. The van der Waals surface area contributed by atoms with E-state index in [2.05, 4.69) is 22.4 Å². The quantitative estimate of drug-likeness (QED) is 0.723. The van der Waals surface area contributed by atoms with E-state index < -0.39 is 0 Å². The summed E-state index contributed by atoms with van der Waals surface area (Å²) in [4.78, 5) is 24.3. The molecule has 1 aromatic rings. The zero-order valence-corrected chi connectivity index (χ0v) is 14.2. The van der Waals surface area contributed by atoms with Crippen LogP contribution in [-0.4, -0.2) is 59.1 Å². The number of thioether (sulfide) groups is 2. The minimum atomic E-state index is -0.178. The molecule has 0 unspecified atom stereocenters. The van der Waals surface area contributed by atoms with Gasteiger partial charge >= 0.3 is 0 Å². The van der Waals surface area contributed by atoms with Gasteiger partial charge in [0.1, 0.15) is 0 Å². The molecule has 0 saturated heterocycles. The first kappa shape index (κ1) is 17.3. The van der Waals surface area contributed by atoms with Crippen LogP contribution in [0.4, 0.5) is 0 Å². The number of hydrogen-bond donors (Lipinski definition) is 1. The summed E-state index contributed by atoms with van der Waals surface area (Å²) < 4.78 is 1.70. The van der Waals surface area contributed by atoms with Gasteiger partial charge in [-0.1, -0.05) is 41.8 Å². The Labute approximate surface area is 131 Å². The van der Waals surface area contributed by atoms with Crippen molar-refractivity contribution >= 4 is 46.7 Å². The summed E-state index contributed by atoms with van der Waals surface area (Å²) in [5, 5.41) is 10.6. The van der Waals surface area contributed by atoms with Crippen LogP contribution >= 0.6 is 34.9 Å². The summed E-state index contributed by atoms with van der Waals surface area (Å²) in [7, 11) is 3.31. The van der Waals surface area contributed by atoms with Gasteiger partial charge < -0.3 is 10.2 Å². The molecular weight excluding hydrogens is 316 g/mol. The Morgan fingerprint density at radius 2 is 1.90 bits per heavy atom. The molecule has 0 radical (unpaired) electrons. The SMILES string of the molecule is CCCSc1nnc(SCC(=O)NCC(=O)N(C)C)s1. The van der Waals surface area contributed by atoms with Crippen molar-refractivity contribution < 1.29 is 9.59 Å². The van der Waals surface area contributed by atoms with Crippen LogP contribution in [0.15, 0.2) is 8.68 Å². The maximum absolute atomic E-state index is 11.6. The average molecular weight is 334 g/mol. The van der Waals surface area contributed by atoms with Gasteiger partial charge in [0.2, 0.25) is 11.8 Å². The Bertz CT molecular complexity index is 451. The molecule has 0 aromatic carbocycles. The van der Waals surface area contributed by atoms with Crippen molar-refractivity contribution in [2.75, 3.05) is 32.1 Å². The predicted octanol–water partition coefficient (Wildman–Crippen LogP) is 1.34. The van der Waals surface area contributed by atoms with Gasteiger partial charge in [-0.15, -0.1) is 10.2 Å². The van der Waals surface area contributed by atoms with E-state index in [1.54, 1.807) is 25.9 Å². The number of carbonyl (C=O) groups is 2. The number of nitrogens with one attached hydrogen (secondary N) is 1. The van der Waals surface area contributed by atoms with Crippen LogP contribution in [0.1, 0.15) is 13.3 Å². The summed E-state index contributed by atoms with van der Waals surface area (Å²) in [5.74, 6) is 0.959. The van der Waals surface area contributed by atoms with Crippen molar-refractivity contribution in [3.63, 3.8) is 0 Å². The fourth-order valence-corrected chi connectivity index (χ4v) is 3.79. The van der Waals surface area contributed by atoms with Crippen molar-refractivity contribution in [2.45, 2.75) is 22.0 Å². The molecule has 6 nitrogen and oxygen atoms in total. The third-order valence-corrected chi connectivity index (χ3v) is 5.48. The molecule has 2 amide bonds. The molecule has 0 saturated carbocycles. The lowest BCUT2D eigenvalue weighted by molar-refractivity contribution is -0.130. The molecule has 9 heteroatoms. The monoisotopic (exact) mass is 334 g/mol. The minimum absolute atomic E-state index is 0.0279. The standard InChI is InChI=1S/C11H18N4O2S3/c1-4-5-18-10-13-14-11(20-10)19-7-8(16)12-6-9(17)15(2)3/h4-7H2,1-3H3,(H,12,16). The summed E-state index contributed by atoms with van der Waals surface area (Å²) >= 11 is 4.50. The number of nitrogens with zero attached hydrogens (tertiary/aromatic N) is 3. The zero-order valence-electron chi connectivity index (χ0n) is 11.7. The van der Waals surface area contributed by atoms with E-state index in [0.717, 1.165) is 20.9 Å². The number of likely N-dealkylation sites (N-methyl/N-ethyl adjacent to an activating group) is 1. The van der Waals surface area contributed by atoms with Gasteiger partial charge in [0.05, 0.1) is 12.3 Å². The van der Waals surface area contributed by atoms with Crippen molar-refractivity contribution in [3.05, 3.63) is 0 Å². The molecule has 0 aliphatic rings. The maximum atomic E-state index is 11.6. The van der Waals surface area contributed by atoms with E-state index >= 15 is 0 Å². The zero-order chi connectivity index (χ0) is 15.0. The van der Waals surface area contributed by atoms with Crippen LogP contribution in [0.3, 0.4) is 0 Å². The number of amides is 2. The van der Waals surface area contributed by atoms with Gasteiger partial charge in [-0.25, -0.2) is 0 Å². The summed E-state index contributed by atoms with van der Waals surface area (Å²) in [6.45, 7) is 2.14. The van der Waals surface area contributed by atoms with E-state index in [1.165, 1.54) is 28.0 Å². The second kappa shape index (κ2) is 9.19. The van der Waals surface area contributed by atoms with Crippen molar-refractivity contribution in [1.29, 1.82) is 0 Å². The second-order valence-corrected chi connectivity index (χ2v) is 7.58. The first-order valence-corrected chi connectivity index (χ1v) is 8.87. The molecule has 1 aromatic heterocycles. The Morgan fingerprint density at radius 1 is 1.25 bits per heavy atom. The summed E-state index contributed by atoms with van der Waals surface area (Å²) in [6, 6.07) is 0. The van der Waals surface area contributed by atoms with Gasteiger partial charge in [-0.05, 0) is 6.42 Å².